The van der Waals surface area contributed by atoms with Crippen LogP contribution in [0.25, 0.3) is 32.9 Å². The molecule has 94 valence electrons. The summed E-state index contributed by atoms with van der Waals surface area (Å²) in [6.45, 7) is 0. The van der Waals surface area contributed by atoms with Gasteiger partial charge in [0.25, 0.3) is 0 Å². The molecule has 0 radical (unpaired) electrons. The quantitative estimate of drug-likeness (QED) is 0.526. The van der Waals surface area contributed by atoms with Crippen LogP contribution in [-0.4, -0.2) is 20.4 Å². The summed E-state index contributed by atoms with van der Waals surface area (Å²) in [6.07, 6.45) is 3.51. The molecule has 0 saturated heterocycles. The second kappa shape index (κ2) is 4.35. The molecule has 0 aliphatic heterocycles. The number of benzene rings is 2. The summed E-state index contributed by atoms with van der Waals surface area (Å²) in [6, 6.07) is 16.1. The molecule has 4 nitrogen and oxygen atoms in total. The second-order valence-corrected chi connectivity index (χ2v) is 4.62. The highest BCUT2D eigenvalue weighted by molar-refractivity contribution is 5.87. The predicted molar refractivity (Wildman–Crippen MR) is 78.1 cm³/mol. The average Bonchev–Trinajstić information content (AvgIpc) is 2.54. The van der Waals surface area contributed by atoms with Gasteiger partial charge in [-0.25, -0.2) is 0 Å². The van der Waals surface area contributed by atoms with Crippen LogP contribution < -0.4 is 0 Å². The molecule has 0 atom stereocenters. The van der Waals surface area contributed by atoms with E-state index in [2.05, 4.69) is 32.5 Å². The monoisotopic (exact) mass is 258 g/mol. The van der Waals surface area contributed by atoms with Gasteiger partial charge in [0.2, 0.25) is 0 Å². The summed E-state index contributed by atoms with van der Waals surface area (Å²) in [4.78, 5) is 0. The summed E-state index contributed by atoms with van der Waals surface area (Å²) in [5.74, 6) is 0. The second-order valence-electron chi connectivity index (χ2n) is 4.62. The van der Waals surface area contributed by atoms with E-state index in [1.54, 1.807) is 12.4 Å². The van der Waals surface area contributed by atoms with Gasteiger partial charge in [0.1, 0.15) is 0 Å². The van der Waals surface area contributed by atoms with Gasteiger partial charge < -0.3 is 0 Å². The third-order valence-corrected chi connectivity index (χ3v) is 3.34. The standard InChI is InChI=1S/C16H10N4/c1-2-4-15-11(3-1)8-16(20-19-15)12-5-6-13-9-17-18-10-14(13)7-12/h1-10H. The molecule has 0 N–H and O–H groups in total. The van der Waals surface area contributed by atoms with Crippen molar-refractivity contribution in [2.75, 3.05) is 0 Å². The van der Waals surface area contributed by atoms with E-state index >= 15 is 0 Å². The minimum absolute atomic E-state index is 0.863. The minimum atomic E-state index is 0.863. The van der Waals surface area contributed by atoms with Crippen molar-refractivity contribution >= 4 is 21.7 Å². The van der Waals surface area contributed by atoms with Crippen molar-refractivity contribution in [2.45, 2.75) is 0 Å². The number of hydrogen-bond acceptors (Lipinski definition) is 4. The number of nitrogens with zero attached hydrogens (tertiary/aromatic N) is 4. The van der Waals surface area contributed by atoms with E-state index in [4.69, 9.17) is 0 Å². The first-order valence-electron chi connectivity index (χ1n) is 6.33. The first-order chi connectivity index (χ1) is 9.90. The van der Waals surface area contributed by atoms with Gasteiger partial charge in [0, 0.05) is 21.7 Å². The highest BCUT2D eigenvalue weighted by Gasteiger charge is 2.04. The van der Waals surface area contributed by atoms with Crippen LogP contribution in [0.15, 0.2) is 60.9 Å². The first-order valence-corrected chi connectivity index (χ1v) is 6.33. The molecule has 0 spiro atoms. The fourth-order valence-electron chi connectivity index (χ4n) is 2.28. The smallest absolute Gasteiger partial charge is 0.0936 e. The predicted octanol–water partition coefficient (Wildman–Crippen LogP) is 3.24. The van der Waals surface area contributed by atoms with Crippen molar-refractivity contribution in [1.82, 2.24) is 20.4 Å². The molecular weight excluding hydrogens is 248 g/mol. The van der Waals surface area contributed by atoms with Gasteiger partial charge in [0.05, 0.1) is 23.6 Å². The number of rotatable bonds is 1. The maximum Gasteiger partial charge on any atom is 0.0936 e. The highest BCUT2D eigenvalue weighted by atomic mass is 15.1. The molecule has 0 unspecified atom stereocenters. The Bertz CT molecular complexity index is 841. The topological polar surface area (TPSA) is 51.6 Å². The third kappa shape index (κ3) is 1.78. The lowest BCUT2D eigenvalue weighted by Crippen LogP contribution is -1.89. The molecular formula is C16H10N4. The van der Waals surface area contributed by atoms with Crippen LogP contribution in [0.3, 0.4) is 0 Å². The number of aromatic nitrogens is 4. The van der Waals surface area contributed by atoms with Crippen LogP contribution >= 0.6 is 0 Å². The van der Waals surface area contributed by atoms with Crippen molar-refractivity contribution in [3.63, 3.8) is 0 Å². The van der Waals surface area contributed by atoms with Crippen LogP contribution in [0.4, 0.5) is 0 Å². The Morgan fingerprint density at radius 3 is 2.45 bits per heavy atom. The van der Waals surface area contributed by atoms with E-state index < -0.39 is 0 Å². The average molecular weight is 258 g/mol. The van der Waals surface area contributed by atoms with E-state index in [-0.39, 0.29) is 0 Å². The highest BCUT2D eigenvalue weighted by Crippen LogP contribution is 2.23. The number of fused-ring (bicyclic) bond motifs is 2. The fraction of sp³-hybridized carbons (Fsp3) is 0. The molecule has 4 rings (SSSR count). The Morgan fingerprint density at radius 1 is 0.650 bits per heavy atom. The van der Waals surface area contributed by atoms with Gasteiger partial charge in [-0.15, -0.1) is 10.2 Å². The van der Waals surface area contributed by atoms with Gasteiger partial charge in [-0.2, -0.15) is 10.2 Å². The zero-order chi connectivity index (χ0) is 13.4. The molecule has 20 heavy (non-hydrogen) atoms. The SMILES string of the molecule is c1ccc2nnc(-c3ccc4cnncc4c3)cc2c1. The summed E-state index contributed by atoms with van der Waals surface area (Å²) in [7, 11) is 0. The molecule has 0 fully saturated rings. The fourth-order valence-corrected chi connectivity index (χ4v) is 2.28. The number of hydrogen-bond donors (Lipinski definition) is 0. The normalized spacial score (nSPS) is 11.0. The molecule has 2 heterocycles. The zero-order valence-electron chi connectivity index (χ0n) is 10.6. The molecule has 0 saturated carbocycles. The summed E-state index contributed by atoms with van der Waals surface area (Å²) in [5.41, 5.74) is 2.80. The Hall–Kier alpha value is -2.88. The minimum Gasteiger partial charge on any atom is -0.158 e. The van der Waals surface area contributed by atoms with Crippen molar-refractivity contribution in [1.29, 1.82) is 0 Å². The van der Waals surface area contributed by atoms with Crippen molar-refractivity contribution in [3.8, 4) is 11.3 Å². The van der Waals surface area contributed by atoms with E-state index in [0.29, 0.717) is 0 Å². The first kappa shape index (κ1) is 11.0. The van der Waals surface area contributed by atoms with Crippen LogP contribution in [-0.2, 0) is 0 Å². The van der Waals surface area contributed by atoms with E-state index in [9.17, 15) is 0 Å². The van der Waals surface area contributed by atoms with Gasteiger partial charge in [0.15, 0.2) is 0 Å². The Balaban J connectivity index is 1.91. The molecule has 0 aliphatic carbocycles. The lowest BCUT2D eigenvalue weighted by Gasteiger charge is -2.03. The van der Waals surface area contributed by atoms with Crippen LogP contribution in [0.5, 0.6) is 0 Å². The molecule has 4 aromatic rings. The Morgan fingerprint density at radius 2 is 1.50 bits per heavy atom. The molecule has 2 aromatic heterocycles. The van der Waals surface area contributed by atoms with Gasteiger partial charge in [-0.3, -0.25) is 0 Å². The maximum absolute atomic E-state index is 4.30. The van der Waals surface area contributed by atoms with E-state index in [0.717, 1.165) is 32.9 Å². The van der Waals surface area contributed by atoms with Crippen LogP contribution in [0.1, 0.15) is 0 Å². The van der Waals surface area contributed by atoms with Crippen LogP contribution in [0.2, 0.25) is 0 Å². The van der Waals surface area contributed by atoms with E-state index in [1.165, 1.54) is 0 Å². The lowest BCUT2D eigenvalue weighted by molar-refractivity contribution is 1.05. The molecule has 0 amide bonds. The zero-order valence-corrected chi connectivity index (χ0v) is 10.6. The lowest BCUT2D eigenvalue weighted by atomic mass is 10.1. The van der Waals surface area contributed by atoms with E-state index in [1.807, 2.05) is 36.4 Å². The van der Waals surface area contributed by atoms with Gasteiger partial charge in [-0.1, -0.05) is 30.3 Å². The van der Waals surface area contributed by atoms with Gasteiger partial charge in [-0.05, 0) is 18.2 Å². The summed E-state index contributed by atoms with van der Waals surface area (Å²) >= 11 is 0. The summed E-state index contributed by atoms with van der Waals surface area (Å²) < 4.78 is 0. The van der Waals surface area contributed by atoms with Crippen molar-refractivity contribution in [2.24, 2.45) is 0 Å². The Labute approximate surface area is 115 Å². The molecule has 0 aliphatic rings. The summed E-state index contributed by atoms with van der Waals surface area (Å²) in [5, 5.41) is 19.6. The maximum atomic E-state index is 4.30. The molecule has 0 bridgehead atoms. The Kier molecular flexibility index (Phi) is 2.39. The third-order valence-electron chi connectivity index (χ3n) is 3.34. The van der Waals surface area contributed by atoms with Crippen molar-refractivity contribution < 1.29 is 0 Å². The largest absolute Gasteiger partial charge is 0.158 e. The van der Waals surface area contributed by atoms with Crippen LogP contribution in [0, 0.1) is 0 Å². The molecule has 4 heteroatoms. The van der Waals surface area contributed by atoms with Gasteiger partial charge >= 0.3 is 0 Å². The van der Waals surface area contributed by atoms with Crippen molar-refractivity contribution in [3.05, 3.63) is 60.9 Å². The molecule has 2 aromatic carbocycles.